The van der Waals surface area contributed by atoms with E-state index in [2.05, 4.69) is 0 Å². The summed E-state index contributed by atoms with van der Waals surface area (Å²) in [6.45, 7) is 0.0906. The van der Waals surface area contributed by atoms with E-state index in [0.717, 1.165) is 0 Å². The van der Waals surface area contributed by atoms with Gasteiger partial charge >= 0.3 is 7.12 Å². The van der Waals surface area contributed by atoms with Crippen LogP contribution in [0.1, 0.15) is 6.42 Å². The molecule has 2 N–H and O–H groups in total. The molecule has 0 heterocycles. The minimum Gasteiger partial charge on any atom is -0.423 e. The third-order valence-electron chi connectivity index (χ3n) is 1.98. The first kappa shape index (κ1) is 12.6. The first-order valence-electron chi connectivity index (χ1n) is 4.80. The van der Waals surface area contributed by atoms with Crippen molar-refractivity contribution in [3.8, 4) is 0 Å². The zero-order chi connectivity index (χ0) is 12.0. The summed E-state index contributed by atoms with van der Waals surface area (Å²) in [5.74, 6) is 0. The van der Waals surface area contributed by atoms with Gasteiger partial charge in [0, 0.05) is 19.3 Å². The van der Waals surface area contributed by atoms with E-state index in [9.17, 15) is 15.1 Å². The summed E-state index contributed by atoms with van der Waals surface area (Å²) in [5.41, 5.74) is -0.0653. The molecule has 86 valence electrons. The fourth-order valence-electron chi connectivity index (χ4n) is 1.21. The van der Waals surface area contributed by atoms with Gasteiger partial charge in [-0.3, -0.25) is 10.1 Å². The SMILES string of the molecule is O=[N+]([O-])c1ccccc1B(O)OCCCO. The van der Waals surface area contributed by atoms with Crippen molar-refractivity contribution in [2.45, 2.75) is 6.42 Å². The predicted molar refractivity (Wildman–Crippen MR) is 58.4 cm³/mol. The number of hydrogen-bond acceptors (Lipinski definition) is 5. The molecule has 0 saturated carbocycles. The third kappa shape index (κ3) is 3.30. The van der Waals surface area contributed by atoms with Crippen LogP contribution in [0.25, 0.3) is 0 Å². The molecule has 6 nitrogen and oxygen atoms in total. The smallest absolute Gasteiger partial charge is 0.423 e. The molecule has 0 amide bonds. The molecule has 0 atom stereocenters. The number of benzene rings is 1. The minimum atomic E-state index is -1.34. The molecule has 0 fully saturated rings. The van der Waals surface area contributed by atoms with E-state index in [4.69, 9.17) is 9.76 Å². The Labute approximate surface area is 92.8 Å². The van der Waals surface area contributed by atoms with Crippen LogP contribution in [0, 0.1) is 10.1 Å². The third-order valence-corrected chi connectivity index (χ3v) is 1.98. The van der Waals surface area contributed by atoms with Gasteiger partial charge in [-0.15, -0.1) is 0 Å². The maximum absolute atomic E-state index is 10.7. The van der Waals surface area contributed by atoms with E-state index in [1.165, 1.54) is 18.2 Å². The monoisotopic (exact) mass is 225 g/mol. The van der Waals surface area contributed by atoms with Crippen LogP contribution >= 0.6 is 0 Å². The molecule has 0 spiro atoms. The number of para-hydroxylation sites is 1. The van der Waals surface area contributed by atoms with Gasteiger partial charge in [0.25, 0.3) is 5.69 Å². The Morgan fingerprint density at radius 3 is 2.75 bits per heavy atom. The molecule has 0 saturated heterocycles. The van der Waals surface area contributed by atoms with Crippen LogP contribution in [0.4, 0.5) is 5.69 Å². The van der Waals surface area contributed by atoms with Crippen LogP contribution in [0.5, 0.6) is 0 Å². The second-order valence-corrected chi connectivity index (χ2v) is 3.12. The number of aliphatic hydroxyl groups excluding tert-OH is 1. The molecule has 0 bridgehead atoms. The van der Waals surface area contributed by atoms with E-state index in [-0.39, 0.29) is 24.4 Å². The zero-order valence-electron chi connectivity index (χ0n) is 8.57. The molecule has 1 aromatic rings. The zero-order valence-corrected chi connectivity index (χ0v) is 8.57. The quantitative estimate of drug-likeness (QED) is 0.299. The van der Waals surface area contributed by atoms with Crippen LogP contribution in [0.15, 0.2) is 24.3 Å². The second kappa shape index (κ2) is 6.21. The number of aliphatic hydroxyl groups is 1. The minimum absolute atomic E-state index is 0.0520. The lowest BCUT2D eigenvalue weighted by Crippen LogP contribution is -2.35. The van der Waals surface area contributed by atoms with Crippen molar-refractivity contribution in [2.75, 3.05) is 13.2 Å². The second-order valence-electron chi connectivity index (χ2n) is 3.12. The average molecular weight is 225 g/mol. The largest absolute Gasteiger partial charge is 0.498 e. The molecule has 0 radical (unpaired) electrons. The van der Waals surface area contributed by atoms with Crippen LogP contribution in [0.2, 0.25) is 0 Å². The lowest BCUT2D eigenvalue weighted by atomic mass is 9.78. The van der Waals surface area contributed by atoms with Gasteiger partial charge in [-0.25, -0.2) is 0 Å². The van der Waals surface area contributed by atoms with Crippen molar-refractivity contribution < 1.29 is 19.7 Å². The first-order valence-corrected chi connectivity index (χ1v) is 4.80. The lowest BCUT2D eigenvalue weighted by Gasteiger charge is -2.07. The van der Waals surface area contributed by atoms with Crippen LogP contribution in [-0.4, -0.2) is 35.4 Å². The topological polar surface area (TPSA) is 92.8 Å². The molecule has 0 aromatic heterocycles. The Kier molecular flexibility index (Phi) is 4.91. The van der Waals surface area contributed by atoms with Crippen molar-refractivity contribution >= 4 is 18.3 Å². The van der Waals surface area contributed by atoms with E-state index >= 15 is 0 Å². The highest BCUT2D eigenvalue weighted by Crippen LogP contribution is 2.07. The summed E-state index contributed by atoms with van der Waals surface area (Å²) in [7, 11) is -1.34. The Morgan fingerprint density at radius 1 is 1.44 bits per heavy atom. The lowest BCUT2D eigenvalue weighted by molar-refractivity contribution is -0.383. The summed E-state index contributed by atoms with van der Waals surface area (Å²) in [6, 6.07) is 5.83. The van der Waals surface area contributed by atoms with Gasteiger partial charge in [0.15, 0.2) is 0 Å². The van der Waals surface area contributed by atoms with Crippen molar-refractivity contribution in [1.29, 1.82) is 0 Å². The molecule has 16 heavy (non-hydrogen) atoms. The molecular formula is C9H12BNO5. The fourth-order valence-corrected chi connectivity index (χ4v) is 1.21. The summed E-state index contributed by atoms with van der Waals surface area (Å²) in [4.78, 5) is 10.1. The Balaban J connectivity index is 2.74. The summed E-state index contributed by atoms with van der Waals surface area (Å²) >= 11 is 0. The first-order chi connectivity index (χ1) is 7.66. The van der Waals surface area contributed by atoms with Gasteiger partial charge in [-0.05, 0) is 6.42 Å². The summed E-state index contributed by atoms with van der Waals surface area (Å²) in [5, 5.41) is 28.7. The highest BCUT2D eigenvalue weighted by Gasteiger charge is 2.25. The predicted octanol–water partition coefficient (Wildman–Crippen LogP) is -0.319. The van der Waals surface area contributed by atoms with Gasteiger partial charge in [0.1, 0.15) is 0 Å². The van der Waals surface area contributed by atoms with Gasteiger partial charge in [0.05, 0.1) is 10.4 Å². The Bertz CT molecular complexity index is 360. The number of nitro benzene ring substituents is 1. The van der Waals surface area contributed by atoms with Gasteiger partial charge in [0.2, 0.25) is 0 Å². The van der Waals surface area contributed by atoms with E-state index in [0.29, 0.717) is 6.42 Å². The number of hydrogen-bond donors (Lipinski definition) is 2. The molecular weight excluding hydrogens is 213 g/mol. The molecule has 0 aliphatic heterocycles. The molecule has 1 rings (SSSR count). The van der Waals surface area contributed by atoms with Gasteiger partial charge in [-0.1, -0.05) is 18.2 Å². The fraction of sp³-hybridized carbons (Fsp3) is 0.333. The summed E-state index contributed by atoms with van der Waals surface area (Å²) in [6.07, 6.45) is 0.373. The molecule has 7 heteroatoms. The van der Waals surface area contributed by atoms with E-state index < -0.39 is 12.0 Å². The number of nitro groups is 1. The highest BCUT2D eigenvalue weighted by atomic mass is 16.6. The Hall–Kier alpha value is -1.44. The van der Waals surface area contributed by atoms with Crippen molar-refractivity contribution in [3.05, 3.63) is 34.4 Å². The number of nitrogens with zero attached hydrogens (tertiary/aromatic N) is 1. The van der Waals surface area contributed by atoms with Crippen molar-refractivity contribution in [1.82, 2.24) is 0 Å². The maximum Gasteiger partial charge on any atom is 0.498 e. The van der Waals surface area contributed by atoms with Crippen LogP contribution in [-0.2, 0) is 4.65 Å². The Morgan fingerprint density at radius 2 is 2.12 bits per heavy atom. The maximum atomic E-state index is 10.7. The van der Waals surface area contributed by atoms with Crippen LogP contribution in [0.3, 0.4) is 0 Å². The molecule has 1 aromatic carbocycles. The molecule has 0 unspecified atom stereocenters. The van der Waals surface area contributed by atoms with Gasteiger partial charge in [-0.2, -0.15) is 0 Å². The van der Waals surface area contributed by atoms with E-state index in [1.54, 1.807) is 6.07 Å². The van der Waals surface area contributed by atoms with Crippen molar-refractivity contribution in [3.63, 3.8) is 0 Å². The van der Waals surface area contributed by atoms with E-state index in [1.807, 2.05) is 0 Å². The van der Waals surface area contributed by atoms with Crippen molar-refractivity contribution in [2.24, 2.45) is 0 Å². The highest BCUT2D eigenvalue weighted by molar-refractivity contribution is 6.61. The summed E-state index contributed by atoms with van der Waals surface area (Å²) < 4.78 is 4.95. The normalized spacial score (nSPS) is 10.1. The van der Waals surface area contributed by atoms with Crippen LogP contribution < -0.4 is 5.46 Å². The molecule has 0 aliphatic carbocycles. The standard InChI is InChI=1S/C9H12BNO5/c12-6-3-7-16-10(13)8-4-1-2-5-9(8)11(14)15/h1-2,4-5,12-13H,3,6-7H2. The molecule has 0 aliphatic rings. The average Bonchev–Trinajstić information content (AvgIpc) is 2.29. The van der Waals surface area contributed by atoms with Gasteiger partial charge < -0.3 is 14.8 Å². The number of rotatable bonds is 6.